The van der Waals surface area contributed by atoms with Crippen LogP contribution in [0.3, 0.4) is 0 Å². The van der Waals surface area contributed by atoms with Crippen LogP contribution in [0.5, 0.6) is 0 Å². The Morgan fingerprint density at radius 1 is 1.33 bits per heavy atom. The highest BCUT2D eigenvalue weighted by molar-refractivity contribution is 7.91. The van der Waals surface area contributed by atoms with Gasteiger partial charge in [-0.2, -0.15) is 0 Å². The van der Waals surface area contributed by atoms with E-state index < -0.39 is 16.1 Å². The minimum Gasteiger partial charge on any atom is -0.391 e. The molecule has 1 aromatic heterocycles. The Bertz CT molecular complexity index is 569. The Hall–Kier alpha value is -1.10. The number of hydrogen-bond donors (Lipinski definition) is 3. The van der Waals surface area contributed by atoms with E-state index >= 15 is 0 Å². The van der Waals surface area contributed by atoms with Crippen molar-refractivity contribution in [3.8, 4) is 0 Å². The topological polar surface area (TPSA) is 121 Å². The van der Waals surface area contributed by atoms with Crippen molar-refractivity contribution in [2.45, 2.75) is 44.1 Å². The fourth-order valence-corrected chi connectivity index (χ4v) is 3.81. The maximum absolute atomic E-state index is 12.0. The van der Waals surface area contributed by atoms with Crippen LogP contribution in [0, 0.1) is 5.92 Å². The smallest absolute Gasteiger partial charge is 0.269 e. The summed E-state index contributed by atoms with van der Waals surface area (Å²) < 4.78 is 26.1. The lowest BCUT2D eigenvalue weighted by Gasteiger charge is -2.19. The third-order valence-electron chi connectivity index (χ3n) is 2.99. The molecule has 1 atom stereocenters. The molecule has 0 saturated heterocycles. The van der Waals surface area contributed by atoms with Gasteiger partial charge in [0.2, 0.25) is 15.4 Å². The zero-order chi connectivity index (χ0) is 16.0. The maximum atomic E-state index is 12.0. The monoisotopic (exact) mass is 336 g/mol. The van der Waals surface area contributed by atoms with Gasteiger partial charge in [-0.3, -0.25) is 4.79 Å². The summed E-state index contributed by atoms with van der Waals surface area (Å²) in [4.78, 5) is 10.9. The number of rotatable bonds is 8. The van der Waals surface area contributed by atoms with Gasteiger partial charge >= 0.3 is 0 Å². The van der Waals surface area contributed by atoms with Crippen LogP contribution in [0.4, 0.5) is 5.13 Å². The van der Waals surface area contributed by atoms with Crippen molar-refractivity contribution in [3.05, 3.63) is 0 Å². The number of sulfonamides is 1. The third-order valence-corrected chi connectivity index (χ3v) is 5.62. The molecule has 0 aliphatic carbocycles. The second-order valence-corrected chi connectivity index (χ2v) is 7.47. The molecule has 0 aliphatic rings. The Kier molecular flexibility index (Phi) is 6.65. The van der Waals surface area contributed by atoms with Crippen LogP contribution < -0.4 is 10.0 Å². The lowest BCUT2D eigenvalue weighted by atomic mass is 9.97. The van der Waals surface area contributed by atoms with Gasteiger partial charge in [-0.25, -0.2) is 13.1 Å². The second-order valence-electron chi connectivity index (χ2n) is 4.55. The van der Waals surface area contributed by atoms with Gasteiger partial charge in [0.25, 0.3) is 10.0 Å². The second kappa shape index (κ2) is 7.78. The lowest BCUT2D eigenvalue weighted by molar-refractivity contribution is -0.114. The van der Waals surface area contributed by atoms with Gasteiger partial charge in [0, 0.05) is 13.5 Å². The van der Waals surface area contributed by atoms with Crippen LogP contribution in [-0.2, 0) is 14.8 Å². The predicted octanol–water partition coefficient (Wildman–Crippen LogP) is 0.572. The summed E-state index contributed by atoms with van der Waals surface area (Å²) in [6, 6.07) is 0. The van der Waals surface area contributed by atoms with Crippen molar-refractivity contribution in [1.82, 2.24) is 14.9 Å². The summed E-state index contributed by atoms with van der Waals surface area (Å²) in [7, 11) is -3.84. The summed E-state index contributed by atoms with van der Waals surface area (Å²) in [5, 5.41) is 19.5. The van der Waals surface area contributed by atoms with Crippen molar-refractivity contribution < 1.29 is 18.3 Å². The van der Waals surface area contributed by atoms with Gasteiger partial charge in [-0.1, -0.05) is 38.0 Å². The van der Waals surface area contributed by atoms with Crippen molar-refractivity contribution in [3.63, 3.8) is 0 Å². The first-order chi connectivity index (χ1) is 9.80. The SMILES string of the molecule is CCC(CC)C(O)CNS(=O)(=O)c1nnc(NC(C)=O)s1. The van der Waals surface area contributed by atoms with E-state index in [1.807, 2.05) is 13.8 Å². The van der Waals surface area contributed by atoms with Gasteiger partial charge in [-0.05, 0) is 5.92 Å². The normalized spacial score (nSPS) is 13.4. The first-order valence-corrected chi connectivity index (χ1v) is 8.88. The van der Waals surface area contributed by atoms with E-state index in [2.05, 4.69) is 20.2 Å². The molecule has 1 amide bonds. The molecule has 0 radical (unpaired) electrons. The van der Waals surface area contributed by atoms with Gasteiger partial charge in [0.05, 0.1) is 6.10 Å². The molecule has 0 fully saturated rings. The molecule has 1 rings (SSSR count). The summed E-state index contributed by atoms with van der Waals surface area (Å²) in [6.07, 6.45) is 0.785. The number of nitrogens with one attached hydrogen (secondary N) is 2. The number of carbonyl (C=O) groups excluding carboxylic acids is 1. The largest absolute Gasteiger partial charge is 0.391 e. The van der Waals surface area contributed by atoms with Crippen LogP contribution >= 0.6 is 11.3 Å². The van der Waals surface area contributed by atoms with Crippen LogP contribution in [-0.4, -0.2) is 42.3 Å². The quantitative estimate of drug-likeness (QED) is 0.597. The summed E-state index contributed by atoms with van der Waals surface area (Å²) in [6.45, 7) is 5.09. The summed E-state index contributed by atoms with van der Waals surface area (Å²) in [5.41, 5.74) is 0. The number of aromatic nitrogens is 2. The molecule has 1 unspecified atom stereocenters. The van der Waals surface area contributed by atoms with E-state index in [9.17, 15) is 18.3 Å². The molecular formula is C11H20N4O4S2. The summed E-state index contributed by atoms with van der Waals surface area (Å²) in [5.74, 6) is -0.315. The number of amides is 1. The van der Waals surface area contributed by atoms with Crippen LogP contribution in [0.1, 0.15) is 33.6 Å². The van der Waals surface area contributed by atoms with Crippen molar-refractivity contribution >= 4 is 32.4 Å². The minimum absolute atomic E-state index is 0.0389. The maximum Gasteiger partial charge on any atom is 0.269 e. The summed E-state index contributed by atoms with van der Waals surface area (Å²) >= 11 is 0.753. The first kappa shape index (κ1) is 18.0. The Labute approximate surface area is 128 Å². The highest BCUT2D eigenvalue weighted by Gasteiger charge is 2.23. The van der Waals surface area contributed by atoms with Gasteiger partial charge < -0.3 is 10.4 Å². The van der Waals surface area contributed by atoms with Gasteiger partial charge in [0.15, 0.2) is 0 Å². The van der Waals surface area contributed by atoms with Gasteiger partial charge in [-0.15, -0.1) is 10.2 Å². The van der Waals surface area contributed by atoms with Crippen LogP contribution in [0.2, 0.25) is 0 Å². The molecule has 0 spiro atoms. The molecule has 0 aromatic carbocycles. The number of nitrogens with zero attached hydrogens (tertiary/aromatic N) is 2. The number of aliphatic hydroxyl groups excluding tert-OH is 1. The number of hydrogen-bond acceptors (Lipinski definition) is 7. The van der Waals surface area contributed by atoms with Crippen molar-refractivity contribution in [2.75, 3.05) is 11.9 Å². The molecule has 1 heterocycles. The molecule has 1 aromatic rings. The number of aliphatic hydroxyl groups is 1. The first-order valence-electron chi connectivity index (χ1n) is 6.59. The molecule has 10 heteroatoms. The Morgan fingerprint density at radius 2 is 1.95 bits per heavy atom. The van der Waals surface area contributed by atoms with E-state index in [0.29, 0.717) is 0 Å². The molecule has 21 heavy (non-hydrogen) atoms. The highest BCUT2D eigenvalue weighted by atomic mass is 32.2. The molecule has 0 saturated carbocycles. The van der Waals surface area contributed by atoms with Crippen LogP contribution in [0.25, 0.3) is 0 Å². The minimum atomic E-state index is -3.84. The van der Waals surface area contributed by atoms with Crippen molar-refractivity contribution in [2.24, 2.45) is 5.92 Å². The molecular weight excluding hydrogens is 316 g/mol. The van der Waals surface area contributed by atoms with Crippen molar-refractivity contribution in [1.29, 1.82) is 0 Å². The van der Waals surface area contributed by atoms with Crippen LogP contribution in [0.15, 0.2) is 4.34 Å². The van der Waals surface area contributed by atoms with E-state index in [-0.39, 0.29) is 27.8 Å². The van der Waals surface area contributed by atoms with Gasteiger partial charge in [0.1, 0.15) is 0 Å². The fraction of sp³-hybridized carbons (Fsp3) is 0.727. The van der Waals surface area contributed by atoms with E-state index in [1.165, 1.54) is 6.92 Å². The predicted molar refractivity (Wildman–Crippen MR) is 79.5 cm³/mol. The van der Waals surface area contributed by atoms with E-state index in [1.54, 1.807) is 0 Å². The lowest BCUT2D eigenvalue weighted by Crippen LogP contribution is -2.36. The number of carbonyl (C=O) groups is 1. The third kappa shape index (κ3) is 5.30. The zero-order valence-electron chi connectivity index (χ0n) is 12.2. The fourth-order valence-electron chi connectivity index (χ4n) is 1.78. The Morgan fingerprint density at radius 3 is 2.48 bits per heavy atom. The van der Waals surface area contributed by atoms with E-state index in [4.69, 9.17) is 0 Å². The zero-order valence-corrected chi connectivity index (χ0v) is 13.8. The standard InChI is InChI=1S/C11H20N4O4S2/c1-4-8(5-2)9(17)6-12-21(18,19)11-15-14-10(20-11)13-7(3)16/h8-9,12,17H,4-6H2,1-3H3,(H,13,14,16). The average molecular weight is 336 g/mol. The molecule has 3 N–H and O–H groups in total. The number of anilines is 1. The average Bonchev–Trinajstić information content (AvgIpc) is 2.86. The Balaban J connectivity index is 2.69. The highest BCUT2D eigenvalue weighted by Crippen LogP contribution is 2.20. The molecule has 0 aliphatic heterocycles. The van der Waals surface area contributed by atoms with E-state index in [0.717, 1.165) is 24.2 Å². The molecule has 8 nitrogen and oxygen atoms in total. The molecule has 0 bridgehead atoms. The molecule has 120 valence electrons.